The molecule has 26 heavy (non-hydrogen) atoms. The molecule has 0 aliphatic carbocycles. The summed E-state index contributed by atoms with van der Waals surface area (Å²) < 4.78 is 16.1. The first kappa shape index (κ1) is 19.8. The summed E-state index contributed by atoms with van der Waals surface area (Å²) in [5.74, 6) is -0.180. The van der Waals surface area contributed by atoms with Gasteiger partial charge < -0.3 is 24.2 Å². The van der Waals surface area contributed by atoms with Crippen molar-refractivity contribution in [2.75, 3.05) is 27.9 Å². The second kappa shape index (κ2) is 8.71. The first-order valence-electron chi connectivity index (χ1n) is 8.36. The minimum atomic E-state index is -0.941. The van der Waals surface area contributed by atoms with E-state index in [1.165, 1.54) is 7.11 Å². The Labute approximate surface area is 153 Å². The Balaban J connectivity index is 2.39. The monoisotopic (exact) mass is 363 g/mol. The highest BCUT2D eigenvalue weighted by Crippen LogP contribution is 2.34. The van der Waals surface area contributed by atoms with Gasteiger partial charge in [-0.15, -0.1) is 6.58 Å². The highest BCUT2D eigenvalue weighted by atomic mass is 16.5. The number of hydrogen-bond acceptors (Lipinski definition) is 5. The molecule has 1 N–H and O–H groups in total. The standard InChI is InChI=1S/C19H25NO6/c1-5-6-12-7-13(8-16(25-3)18(12)26-4)19(23)20-11-15(24-2)9-14(20)10-17(21)22/h5,7-8,14-15H,1,6,9-11H2,2-4H3,(H,21,22). The molecule has 1 aromatic rings. The summed E-state index contributed by atoms with van der Waals surface area (Å²) in [7, 11) is 4.61. The summed E-state index contributed by atoms with van der Waals surface area (Å²) in [5.41, 5.74) is 1.20. The van der Waals surface area contributed by atoms with E-state index in [-0.39, 0.29) is 18.4 Å². The molecule has 0 radical (unpaired) electrons. The van der Waals surface area contributed by atoms with Crippen molar-refractivity contribution < 1.29 is 28.9 Å². The fourth-order valence-electron chi connectivity index (χ4n) is 3.33. The zero-order valence-electron chi connectivity index (χ0n) is 15.4. The quantitative estimate of drug-likeness (QED) is 0.712. The SMILES string of the molecule is C=CCc1cc(C(=O)N2CC(OC)CC2CC(=O)O)cc(OC)c1OC. The van der Waals surface area contributed by atoms with Crippen molar-refractivity contribution in [3.05, 3.63) is 35.9 Å². The molecule has 1 fully saturated rings. The molecule has 1 saturated heterocycles. The average molecular weight is 363 g/mol. The molecule has 0 aromatic heterocycles. The van der Waals surface area contributed by atoms with Gasteiger partial charge in [0.05, 0.1) is 26.7 Å². The van der Waals surface area contributed by atoms with E-state index in [4.69, 9.17) is 19.3 Å². The largest absolute Gasteiger partial charge is 0.493 e. The fourth-order valence-corrected chi connectivity index (χ4v) is 3.33. The number of hydrogen-bond donors (Lipinski definition) is 1. The van der Waals surface area contributed by atoms with Crippen molar-refractivity contribution in [3.8, 4) is 11.5 Å². The topological polar surface area (TPSA) is 85.3 Å². The molecule has 1 aliphatic rings. The summed E-state index contributed by atoms with van der Waals surface area (Å²) in [6, 6.07) is 2.95. The molecule has 2 unspecified atom stereocenters. The maximum Gasteiger partial charge on any atom is 0.305 e. The first-order chi connectivity index (χ1) is 12.4. The van der Waals surface area contributed by atoms with E-state index in [1.54, 1.807) is 37.3 Å². The molecule has 0 bridgehead atoms. The van der Waals surface area contributed by atoms with Gasteiger partial charge in [-0.05, 0) is 25.0 Å². The Morgan fingerprint density at radius 3 is 2.58 bits per heavy atom. The molecule has 2 atom stereocenters. The fraction of sp³-hybridized carbons (Fsp3) is 0.474. The van der Waals surface area contributed by atoms with Gasteiger partial charge in [-0.1, -0.05) is 6.08 Å². The van der Waals surface area contributed by atoms with Crippen LogP contribution in [0.4, 0.5) is 0 Å². The number of ether oxygens (including phenoxy) is 3. The maximum atomic E-state index is 13.1. The average Bonchev–Trinajstić information content (AvgIpc) is 3.02. The highest BCUT2D eigenvalue weighted by molar-refractivity contribution is 5.96. The van der Waals surface area contributed by atoms with Crippen LogP contribution in [0.25, 0.3) is 0 Å². The molecule has 7 nitrogen and oxygen atoms in total. The smallest absolute Gasteiger partial charge is 0.305 e. The van der Waals surface area contributed by atoms with Crippen molar-refractivity contribution in [2.45, 2.75) is 31.4 Å². The second-order valence-electron chi connectivity index (χ2n) is 6.17. The summed E-state index contributed by atoms with van der Waals surface area (Å²) >= 11 is 0. The number of amides is 1. The molecular formula is C19H25NO6. The zero-order valence-corrected chi connectivity index (χ0v) is 15.4. The lowest BCUT2D eigenvalue weighted by atomic mass is 10.0. The van der Waals surface area contributed by atoms with Gasteiger partial charge in [-0.3, -0.25) is 9.59 Å². The predicted molar refractivity (Wildman–Crippen MR) is 95.9 cm³/mol. The van der Waals surface area contributed by atoms with Crippen molar-refractivity contribution in [2.24, 2.45) is 0 Å². The van der Waals surface area contributed by atoms with Crippen LogP contribution in [-0.2, 0) is 16.0 Å². The molecule has 7 heteroatoms. The first-order valence-corrected chi connectivity index (χ1v) is 8.36. The van der Waals surface area contributed by atoms with Crippen LogP contribution in [0.15, 0.2) is 24.8 Å². The highest BCUT2D eigenvalue weighted by Gasteiger charge is 2.37. The Kier molecular flexibility index (Phi) is 6.63. The molecular weight excluding hydrogens is 338 g/mol. The van der Waals surface area contributed by atoms with Crippen LogP contribution in [0.3, 0.4) is 0 Å². The Morgan fingerprint density at radius 1 is 1.31 bits per heavy atom. The van der Waals surface area contributed by atoms with E-state index in [2.05, 4.69) is 6.58 Å². The number of nitrogens with zero attached hydrogens (tertiary/aromatic N) is 1. The molecule has 1 amide bonds. The Morgan fingerprint density at radius 2 is 2.04 bits per heavy atom. The molecule has 0 saturated carbocycles. The number of methoxy groups -OCH3 is 3. The number of carboxylic acids is 1. The van der Waals surface area contributed by atoms with E-state index in [0.29, 0.717) is 36.4 Å². The lowest BCUT2D eigenvalue weighted by Crippen LogP contribution is -2.37. The molecule has 1 aromatic carbocycles. The molecule has 1 aliphatic heterocycles. The molecule has 2 rings (SSSR count). The molecule has 1 heterocycles. The minimum Gasteiger partial charge on any atom is -0.493 e. The van der Waals surface area contributed by atoms with Crippen LogP contribution >= 0.6 is 0 Å². The van der Waals surface area contributed by atoms with Crippen LogP contribution in [0.5, 0.6) is 11.5 Å². The van der Waals surface area contributed by atoms with Gasteiger partial charge in [0.15, 0.2) is 11.5 Å². The van der Waals surface area contributed by atoms with Gasteiger partial charge in [0.1, 0.15) is 0 Å². The van der Waals surface area contributed by atoms with Crippen LogP contribution in [0.2, 0.25) is 0 Å². The number of carbonyl (C=O) groups is 2. The van der Waals surface area contributed by atoms with Crippen LogP contribution in [0.1, 0.15) is 28.8 Å². The summed E-state index contributed by atoms with van der Waals surface area (Å²) in [4.78, 5) is 25.8. The lowest BCUT2D eigenvalue weighted by Gasteiger charge is -2.24. The van der Waals surface area contributed by atoms with Gasteiger partial charge in [-0.2, -0.15) is 0 Å². The molecule has 0 spiro atoms. The van der Waals surface area contributed by atoms with E-state index < -0.39 is 12.0 Å². The Bertz CT molecular complexity index is 687. The maximum absolute atomic E-state index is 13.1. The third-order valence-corrected chi connectivity index (χ3v) is 4.55. The van der Waals surface area contributed by atoms with Crippen molar-refractivity contribution in [3.63, 3.8) is 0 Å². The van der Waals surface area contributed by atoms with Gasteiger partial charge >= 0.3 is 5.97 Å². The van der Waals surface area contributed by atoms with Gasteiger partial charge in [0.25, 0.3) is 5.91 Å². The van der Waals surface area contributed by atoms with Gasteiger partial charge in [-0.25, -0.2) is 0 Å². The predicted octanol–water partition coefficient (Wildman–Crippen LogP) is 2.14. The van der Waals surface area contributed by atoms with Crippen molar-refractivity contribution in [1.82, 2.24) is 4.90 Å². The number of likely N-dealkylation sites (tertiary alicyclic amines) is 1. The van der Waals surface area contributed by atoms with Crippen LogP contribution < -0.4 is 9.47 Å². The normalized spacial score (nSPS) is 19.3. The van der Waals surface area contributed by atoms with Crippen molar-refractivity contribution >= 4 is 11.9 Å². The second-order valence-corrected chi connectivity index (χ2v) is 6.17. The van der Waals surface area contributed by atoms with Crippen LogP contribution in [-0.4, -0.2) is 61.9 Å². The number of allylic oxidation sites excluding steroid dienone is 1. The number of carboxylic acid groups (broad SMARTS) is 1. The number of rotatable bonds is 8. The number of benzene rings is 1. The van der Waals surface area contributed by atoms with E-state index in [1.807, 2.05) is 0 Å². The van der Waals surface area contributed by atoms with Gasteiger partial charge in [0, 0.05) is 30.8 Å². The number of carbonyl (C=O) groups excluding carboxylic acids is 1. The molecule has 142 valence electrons. The van der Waals surface area contributed by atoms with Crippen LogP contribution in [0, 0.1) is 0 Å². The zero-order chi connectivity index (χ0) is 19.3. The van der Waals surface area contributed by atoms with E-state index in [9.17, 15) is 9.59 Å². The van der Waals surface area contributed by atoms with E-state index in [0.717, 1.165) is 5.56 Å². The summed E-state index contributed by atoms with van der Waals surface area (Å²) in [6.07, 6.45) is 2.45. The number of aliphatic carboxylic acids is 1. The summed E-state index contributed by atoms with van der Waals surface area (Å²) in [6.45, 7) is 4.09. The minimum absolute atomic E-state index is 0.113. The van der Waals surface area contributed by atoms with Gasteiger partial charge in [0.2, 0.25) is 0 Å². The Hall–Kier alpha value is -2.54. The third kappa shape index (κ3) is 4.16. The summed E-state index contributed by atoms with van der Waals surface area (Å²) in [5, 5.41) is 9.14. The van der Waals surface area contributed by atoms with E-state index >= 15 is 0 Å². The van der Waals surface area contributed by atoms with Crippen molar-refractivity contribution in [1.29, 1.82) is 0 Å². The lowest BCUT2D eigenvalue weighted by molar-refractivity contribution is -0.137. The third-order valence-electron chi connectivity index (χ3n) is 4.55.